The lowest BCUT2D eigenvalue weighted by atomic mass is 10.2. The van der Waals surface area contributed by atoms with Crippen molar-refractivity contribution >= 4 is 39.2 Å². The Kier molecular flexibility index (Phi) is 5.94. The highest BCUT2D eigenvalue weighted by Crippen LogP contribution is 2.28. The maximum absolute atomic E-state index is 12.7. The first-order valence-electron chi connectivity index (χ1n) is 7.21. The summed E-state index contributed by atoms with van der Waals surface area (Å²) in [6.45, 7) is 6.13. The molecule has 25 heavy (non-hydrogen) atoms. The SMILES string of the molecule is C=CCn1c(SCC(=O)NCC(F)(F)F)nc2sc(C)c(C)c2c1=O. The van der Waals surface area contributed by atoms with Crippen molar-refractivity contribution in [2.45, 2.75) is 31.7 Å². The molecular weight excluding hydrogens is 375 g/mol. The number of alkyl halides is 3. The molecule has 136 valence electrons. The molecule has 0 fully saturated rings. The van der Waals surface area contributed by atoms with Crippen LogP contribution in [0.1, 0.15) is 10.4 Å². The van der Waals surface area contributed by atoms with E-state index in [4.69, 9.17) is 0 Å². The molecule has 2 rings (SSSR count). The number of halogens is 3. The molecule has 0 saturated heterocycles. The zero-order valence-electron chi connectivity index (χ0n) is 13.6. The van der Waals surface area contributed by atoms with Gasteiger partial charge in [0.15, 0.2) is 5.16 Å². The average Bonchev–Trinajstić information content (AvgIpc) is 2.80. The van der Waals surface area contributed by atoms with Gasteiger partial charge in [0.2, 0.25) is 5.91 Å². The van der Waals surface area contributed by atoms with Crippen LogP contribution in [0.25, 0.3) is 10.2 Å². The molecule has 1 amide bonds. The second-order valence-electron chi connectivity index (χ2n) is 5.24. The topological polar surface area (TPSA) is 64.0 Å². The number of hydrogen-bond acceptors (Lipinski definition) is 5. The fourth-order valence-corrected chi connectivity index (χ4v) is 4.00. The Morgan fingerprint density at radius 1 is 1.44 bits per heavy atom. The molecule has 0 radical (unpaired) electrons. The molecule has 2 aromatic rings. The fraction of sp³-hybridized carbons (Fsp3) is 0.400. The Morgan fingerprint density at radius 2 is 2.12 bits per heavy atom. The number of aryl methyl sites for hydroxylation is 2. The minimum absolute atomic E-state index is 0.197. The minimum atomic E-state index is -4.46. The van der Waals surface area contributed by atoms with Crippen molar-refractivity contribution in [2.75, 3.05) is 12.3 Å². The maximum atomic E-state index is 12.7. The molecule has 0 aliphatic rings. The summed E-state index contributed by atoms with van der Waals surface area (Å²) in [7, 11) is 0. The molecule has 0 spiro atoms. The molecule has 0 unspecified atom stereocenters. The number of aromatic nitrogens is 2. The van der Waals surface area contributed by atoms with Crippen LogP contribution in [-0.2, 0) is 11.3 Å². The van der Waals surface area contributed by atoms with Crippen molar-refractivity contribution < 1.29 is 18.0 Å². The minimum Gasteiger partial charge on any atom is -0.346 e. The van der Waals surface area contributed by atoms with E-state index in [1.165, 1.54) is 22.0 Å². The van der Waals surface area contributed by atoms with E-state index >= 15 is 0 Å². The molecule has 1 N–H and O–H groups in total. The maximum Gasteiger partial charge on any atom is 0.405 e. The molecule has 0 bridgehead atoms. The van der Waals surface area contributed by atoms with Gasteiger partial charge in [-0.25, -0.2) is 4.98 Å². The lowest BCUT2D eigenvalue weighted by Crippen LogP contribution is -2.35. The number of thioether (sulfide) groups is 1. The molecule has 0 aliphatic heterocycles. The number of fused-ring (bicyclic) bond motifs is 1. The second kappa shape index (κ2) is 7.61. The molecule has 10 heteroatoms. The number of allylic oxidation sites excluding steroid dienone is 1. The highest BCUT2D eigenvalue weighted by atomic mass is 32.2. The van der Waals surface area contributed by atoms with Crippen LogP contribution in [0.3, 0.4) is 0 Å². The van der Waals surface area contributed by atoms with Crippen LogP contribution in [0.2, 0.25) is 0 Å². The number of carbonyl (C=O) groups excluding carboxylic acids is 1. The van der Waals surface area contributed by atoms with Crippen LogP contribution in [0, 0.1) is 13.8 Å². The quantitative estimate of drug-likeness (QED) is 0.467. The van der Waals surface area contributed by atoms with E-state index in [0.717, 1.165) is 22.2 Å². The zero-order chi connectivity index (χ0) is 18.8. The van der Waals surface area contributed by atoms with Gasteiger partial charge in [-0.2, -0.15) is 13.2 Å². The van der Waals surface area contributed by atoms with Gasteiger partial charge in [0.25, 0.3) is 5.56 Å². The number of carbonyl (C=O) groups is 1. The summed E-state index contributed by atoms with van der Waals surface area (Å²) in [5, 5.41) is 2.59. The van der Waals surface area contributed by atoms with Crippen molar-refractivity contribution in [1.82, 2.24) is 14.9 Å². The summed E-state index contributed by atoms with van der Waals surface area (Å²) in [6, 6.07) is 0. The summed E-state index contributed by atoms with van der Waals surface area (Å²) in [5.41, 5.74) is 0.611. The summed E-state index contributed by atoms with van der Waals surface area (Å²) in [6.07, 6.45) is -2.94. The van der Waals surface area contributed by atoms with E-state index < -0.39 is 18.6 Å². The number of thiophene rings is 1. The number of nitrogens with zero attached hydrogens (tertiary/aromatic N) is 2. The Bertz CT molecular complexity index is 871. The third kappa shape index (κ3) is 4.63. The normalized spacial score (nSPS) is 11.7. The number of rotatable bonds is 6. The predicted molar refractivity (Wildman–Crippen MR) is 93.3 cm³/mol. The third-order valence-electron chi connectivity index (χ3n) is 3.38. The van der Waals surface area contributed by atoms with Crippen LogP contribution in [0.4, 0.5) is 13.2 Å². The van der Waals surface area contributed by atoms with Crippen molar-refractivity contribution in [3.05, 3.63) is 33.4 Å². The Morgan fingerprint density at radius 3 is 2.72 bits per heavy atom. The van der Waals surface area contributed by atoms with E-state index in [1.807, 2.05) is 13.8 Å². The van der Waals surface area contributed by atoms with E-state index in [9.17, 15) is 22.8 Å². The van der Waals surface area contributed by atoms with Crippen LogP contribution >= 0.6 is 23.1 Å². The first kappa shape index (κ1) is 19.5. The van der Waals surface area contributed by atoms with Crippen LogP contribution < -0.4 is 10.9 Å². The van der Waals surface area contributed by atoms with E-state index in [0.29, 0.717) is 10.2 Å². The monoisotopic (exact) mass is 391 g/mol. The summed E-state index contributed by atoms with van der Waals surface area (Å²) in [4.78, 5) is 30.2. The lowest BCUT2D eigenvalue weighted by molar-refractivity contribution is -0.136. The van der Waals surface area contributed by atoms with Crippen molar-refractivity contribution in [3.8, 4) is 0 Å². The molecule has 2 aromatic heterocycles. The molecule has 0 saturated carbocycles. The smallest absolute Gasteiger partial charge is 0.346 e. The zero-order valence-corrected chi connectivity index (χ0v) is 15.2. The van der Waals surface area contributed by atoms with Gasteiger partial charge in [-0.3, -0.25) is 14.2 Å². The number of hydrogen-bond donors (Lipinski definition) is 1. The van der Waals surface area contributed by atoms with Gasteiger partial charge in [-0.05, 0) is 19.4 Å². The lowest BCUT2D eigenvalue weighted by Gasteiger charge is -2.11. The second-order valence-corrected chi connectivity index (χ2v) is 7.39. The third-order valence-corrected chi connectivity index (χ3v) is 5.46. The highest BCUT2D eigenvalue weighted by Gasteiger charge is 2.27. The summed E-state index contributed by atoms with van der Waals surface area (Å²) in [5.74, 6) is -1.05. The molecule has 2 heterocycles. The van der Waals surface area contributed by atoms with Gasteiger partial charge in [0.05, 0.1) is 11.1 Å². The molecule has 0 atom stereocenters. The number of nitrogens with one attached hydrogen (secondary N) is 1. The van der Waals surface area contributed by atoms with Crippen molar-refractivity contribution in [2.24, 2.45) is 0 Å². The predicted octanol–water partition coefficient (Wildman–Crippen LogP) is 3.03. The summed E-state index contributed by atoms with van der Waals surface area (Å²) >= 11 is 2.29. The summed E-state index contributed by atoms with van der Waals surface area (Å²) < 4.78 is 37.7. The molecule has 0 aliphatic carbocycles. The van der Waals surface area contributed by atoms with Gasteiger partial charge < -0.3 is 5.32 Å². The van der Waals surface area contributed by atoms with Gasteiger partial charge in [-0.15, -0.1) is 17.9 Å². The van der Waals surface area contributed by atoms with Crippen LogP contribution in [-0.4, -0.2) is 33.9 Å². The molecular formula is C15H16F3N3O2S2. The van der Waals surface area contributed by atoms with Crippen LogP contribution in [0.15, 0.2) is 22.6 Å². The molecule has 5 nitrogen and oxygen atoms in total. The first-order chi connectivity index (χ1) is 11.6. The molecule has 0 aromatic carbocycles. The van der Waals surface area contributed by atoms with Gasteiger partial charge in [0.1, 0.15) is 11.4 Å². The largest absolute Gasteiger partial charge is 0.405 e. The van der Waals surface area contributed by atoms with E-state index in [2.05, 4.69) is 11.6 Å². The van der Waals surface area contributed by atoms with Crippen molar-refractivity contribution in [3.63, 3.8) is 0 Å². The Balaban J connectivity index is 2.28. The van der Waals surface area contributed by atoms with E-state index in [-0.39, 0.29) is 23.0 Å². The highest BCUT2D eigenvalue weighted by molar-refractivity contribution is 7.99. The van der Waals surface area contributed by atoms with Crippen LogP contribution in [0.5, 0.6) is 0 Å². The average molecular weight is 391 g/mol. The van der Waals surface area contributed by atoms with E-state index in [1.54, 1.807) is 5.32 Å². The first-order valence-corrected chi connectivity index (χ1v) is 9.02. The Labute approximate surface area is 149 Å². The van der Waals surface area contributed by atoms with Gasteiger partial charge in [-0.1, -0.05) is 17.8 Å². The van der Waals surface area contributed by atoms with Gasteiger partial charge in [0, 0.05) is 11.4 Å². The fourth-order valence-electron chi connectivity index (χ4n) is 2.09. The Hall–Kier alpha value is -1.81. The van der Waals surface area contributed by atoms with Gasteiger partial charge >= 0.3 is 6.18 Å². The van der Waals surface area contributed by atoms with Crippen molar-refractivity contribution in [1.29, 1.82) is 0 Å². The number of amides is 1. The standard InChI is InChI=1S/C15H16F3N3O2S2/c1-4-5-21-13(23)11-8(2)9(3)25-12(11)20-14(21)24-6-10(22)19-7-15(16,17)18/h4H,1,5-7H2,2-3H3,(H,19,22).